The molecule has 8 nitrogen and oxygen atoms in total. The highest BCUT2D eigenvalue weighted by Gasteiger charge is 2.15. The minimum Gasteiger partial charge on any atom is -0.480 e. The highest BCUT2D eigenvalue weighted by atomic mass is 16.5. The zero-order chi connectivity index (χ0) is 16.1. The van der Waals surface area contributed by atoms with Gasteiger partial charge in [0.25, 0.3) is 0 Å². The molecule has 122 valence electrons. The normalized spacial score (nSPS) is 13.8. The molecule has 0 unspecified atom stereocenters. The van der Waals surface area contributed by atoms with E-state index in [1.165, 1.54) is 13.5 Å². The number of hydrogen-bond donors (Lipinski definition) is 2. The number of aryl methyl sites for hydroxylation is 1. The van der Waals surface area contributed by atoms with E-state index in [1.54, 1.807) is 18.3 Å². The van der Waals surface area contributed by atoms with Crippen LogP contribution in [0.15, 0.2) is 18.3 Å². The van der Waals surface area contributed by atoms with E-state index in [0.29, 0.717) is 18.1 Å². The summed E-state index contributed by atoms with van der Waals surface area (Å²) in [6.07, 6.45) is 6.03. The van der Waals surface area contributed by atoms with E-state index in [0.717, 1.165) is 37.5 Å². The number of nitrogens with one attached hydrogen (secondary N) is 2. The zero-order valence-electron chi connectivity index (χ0n) is 13.1. The van der Waals surface area contributed by atoms with Gasteiger partial charge in [-0.15, -0.1) is 10.2 Å². The number of methoxy groups -OCH3 is 1. The average Bonchev–Trinajstić information content (AvgIpc) is 2.80. The summed E-state index contributed by atoms with van der Waals surface area (Å²) in [6.45, 7) is 1.25. The van der Waals surface area contributed by atoms with Gasteiger partial charge in [0.05, 0.1) is 13.7 Å². The van der Waals surface area contributed by atoms with E-state index in [9.17, 15) is 4.79 Å². The second-order valence-electron chi connectivity index (χ2n) is 5.36. The molecule has 0 bridgehead atoms. The number of pyridine rings is 1. The molecule has 0 fully saturated rings. The minimum absolute atomic E-state index is 0.331. The fourth-order valence-electron chi connectivity index (χ4n) is 2.65. The molecule has 0 saturated carbocycles. The Morgan fingerprint density at radius 2 is 2.26 bits per heavy atom. The number of hydrogen-bond acceptors (Lipinski definition) is 5. The van der Waals surface area contributed by atoms with Crippen molar-refractivity contribution in [1.29, 1.82) is 0 Å². The average molecular weight is 316 g/mol. The lowest BCUT2D eigenvalue weighted by atomic mass is 10.2. The van der Waals surface area contributed by atoms with Crippen molar-refractivity contribution in [2.24, 2.45) is 0 Å². The third kappa shape index (κ3) is 3.58. The van der Waals surface area contributed by atoms with Crippen molar-refractivity contribution in [3.8, 4) is 5.88 Å². The Bertz CT molecular complexity index is 684. The Morgan fingerprint density at radius 1 is 1.35 bits per heavy atom. The van der Waals surface area contributed by atoms with Crippen LogP contribution in [-0.4, -0.2) is 32.9 Å². The Morgan fingerprint density at radius 3 is 3.13 bits per heavy atom. The van der Waals surface area contributed by atoms with Crippen LogP contribution in [0.4, 0.5) is 10.5 Å². The maximum Gasteiger partial charge on any atom is 0.319 e. The van der Waals surface area contributed by atoms with Crippen molar-refractivity contribution >= 4 is 11.7 Å². The standard InChI is InChI=1S/C15H20N6O2/c1-23-14-11(6-5-8-16-14)18-15(22)17-10-13-20-19-12-7-3-2-4-9-21(12)13/h5-6,8H,2-4,7,9-10H2,1H3,(H2,17,18,22). The van der Waals surface area contributed by atoms with Gasteiger partial charge in [0.1, 0.15) is 11.5 Å². The Hall–Kier alpha value is -2.64. The van der Waals surface area contributed by atoms with Gasteiger partial charge < -0.3 is 19.9 Å². The van der Waals surface area contributed by atoms with E-state index in [1.807, 2.05) is 0 Å². The molecule has 3 heterocycles. The van der Waals surface area contributed by atoms with Crippen molar-refractivity contribution < 1.29 is 9.53 Å². The Labute approximate surface area is 134 Å². The van der Waals surface area contributed by atoms with Gasteiger partial charge >= 0.3 is 6.03 Å². The highest BCUT2D eigenvalue weighted by Crippen LogP contribution is 2.19. The fourth-order valence-corrected chi connectivity index (χ4v) is 2.65. The number of carbonyl (C=O) groups is 1. The summed E-state index contributed by atoms with van der Waals surface area (Å²) in [5.74, 6) is 2.17. The molecule has 1 aliphatic heterocycles. The maximum absolute atomic E-state index is 12.0. The molecular formula is C15H20N6O2. The molecule has 2 aromatic rings. The van der Waals surface area contributed by atoms with Gasteiger partial charge in [0.2, 0.25) is 5.88 Å². The van der Waals surface area contributed by atoms with Gasteiger partial charge in [-0.1, -0.05) is 6.42 Å². The van der Waals surface area contributed by atoms with Crippen LogP contribution in [0.5, 0.6) is 5.88 Å². The maximum atomic E-state index is 12.0. The number of anilines is 1. The van der Waals surface area contributed by atoms with Gasteiger partial charge in [0, 0.05) is 19.2 Å². The summed E-state index contributed by atoms with van der Waals surface area (Å²) in [5.41, 5.74) is 0.521. The predicted molar refractivity (Wildman–Crippen MR) is 84.2 cm³/mol. The number of ether oxygens (including phenoxy) is 1. The number of urea groups is 1. The van der Waals surface area contributed by atoms with Gasteiger partial charge in [-0.2, -0.15) is 0 Å². The molecular weight excluding hydrogens is 296 g/mol. The molecule has 2 aromatic heterocycles. The van der Waals surface area contributed by atoms with Gasteiger partial charge in [-0.05, 0) is 25.0 Å². The lowest BCUT2D eigenvalue weighted by molar-refractivity contribution is 0.251. The molecule has 23 heavy (non-hydrogen) atoms. The second-order valence-corrected chi connectivity index (χ2v) is 5.36. The summed E-state index contributed by atoms with van der Waals surface area (Å²) in [5, 5.41) is 13.9. The van der Waals surface area contributed by atoms with Crippen LogP contribution in [0.25, 0.3) is 0 Å². The van der Waals surface area contributed by atoms with Crippen molar-refractivity contribution in [2.45, 2.75) is 38.8 Å². The molecule has 2 N–H and O–H groups in total. The summed E-state index contributed by atoms with van der Waals surface area (Å²) in [6, 6.07) is 3.13. The monoisotopic (exact) mass is 316 g/mol. The van der Waals surface area contributed by atoms with Crippen LogP contribution in [0, 0.1) is 0 Å². The molecule has 0 saturated heterocycles. The van der Waals surface area contributed by atoms with Gasteiger partial charge in [0.15, 0.2) is 5.82 Å². The lowest BCUT2D eigenvalue weighted by Gasteiger charge is -2.11. The number of nitrogens with zero attached hydrogens (tertiary/aromatic N) is 4. The Balaban J connectivity index is 1.60. The number of carbonyl (C=O) groups excluding carboxylic acids is 1. The number of fused-ring (bicyclic) bond motifs is 1. The van der Waals surface area contributed by atoms with Crippen LogP contribution >= 0.6 is 0 Å². The molecule has 0 atom stereocenters. The van der Waals surface area contributed by atoms with Crippen molar-refractivity contribution in [3.63, 3.8) is 0 Å². The lowest BCUT2D eigenvalue weighted by Crippen LogP contribution is -2.29. The van der Waals surface area contributed by atoms with E-state index in [-0.39, 0.29) is 6.03 Å². The van der Waals surface area contributed by atoms with Crippen molar-refractivity contribution in [3.05, 3.63) is 30.0 Å². The van der Waals surface area contributed by atoms with Crippen LogP contribution in [0.2, 0.25) is 0 Å². The first kappa shape index (κ1) is 15.3. The van der Waals surface area contributed by atoms with Gasteiger partial charge in [-0.3, -0.25) is 0 Å². The molecule has 0 aliphatic carbocycles. The summed E-state index contributed by atoms with van der Waals surface area (Å²) < 4.78 is 7.21. The second kappa shape index (κ2) is 7.08. The predicted octanol–water partition coefficient (Wildman–Crippen LogP) is 1.73. The van der Waals surface area contributed by atoms with Crippen LogP contribution in [0.3, 0.4) is 0 Å². The molecule has 0 spiro atoms. The Kier molecular flexibility index (Phi) is 4.70. The number of amides is 2. The minimum atomic E-state index is -0.331. The van der Waals surface area contributed by atoms with Crippen LogP contribution in [0.1, 0.15) is 30.9 Å². The fraction of sp³-hybridized carbons (Fsp3) is 0.467. The summed E-state index contributed by atoms with van der Waals surface area (Å²) in [4.78, 5) is 16.1. The summed E-state index contributed by atoms with van der Waals surface area (Å²) >= 11 is 0. The molecule has 1 aliphatic rings. The van der Waals surface area contributed by atoms with Crippen molar-refractivity contribution in [1.82, 2.24) is 25.1 Å². The summed E-state index contributed by atoms with van der Waals surface area (Å²) in [7, 11) is 1.51. The molecule has 0 radical (unpaired) electrons. The first-order chi connectivity index (χ1) is 11.3. The van der Waals surface area contributed by atoms with Crippen LogP contribution in [-0.2, 0) is 19.5 Å². The molecule has 3 rings (SSSR count). The molecule has 0 aromatic carbocycles. The van der Waals surface area contributed by atoms with E-state index in [2.05, 4.69) is 30.4 Å². The third-order valence-corrected chi connectivity index (χ3v) is 3.81. The van der Waals surface area contributed by atoms with E-state index in [4.69, 9.17) is 4.74 Å². The number of rotatable bonds is 4. The first-order valence-corrected chi connectivity index (χ1v) is 7.72. The quantitative estimate of drug-likeness (QED) is 0.896. The largest absolute Gasteiger partial charge is 0.480 e. The van der Waals surface area contributed by atoms with E-state index >= 15 is 0 Å². The van der Waals surface area contributed by atoms with E-state index < -0.39 is 0 Å². The third-order valence-electron chi connectivity index (χ3n) is 3.81. The topological polar surface area (TPSA) is 94.0 Å². The molecule has 2 amide bonds. The van der Waals surface area contributed by atoms with Crippen molar-refractivity contribution in [2.75, 3.05) is 12.4 Å². The smallest absolute Gasteiger partial charge is 0.319 e. The molecule has 8 heteroatoms. The zero-order valence-corrected chi connectivity index (χ0v) is 13.1. The van der Waals surface area contributed by atoms with Gasteiger partial charge in [-0.25, -0.2) is 9.78 Å². The first-order valence-electron chi connectivity index (χ1n) is 7.72. The highest BCUT2D eigenvalue weighted by molar-refractivity contribution is 5.90. The SMILES string of the molecule is COc1ncccc1NC(=O)NCc1nnc2n1CCCCC2. The number of aromatic nitrogens is 4. The van der Waals surface area contributed by atoms with Crippen LogP contribution < -0.4 is 15.4 Å².